The minimum absolute atomic E-state index is 0.477. The van der Waals surface area contributed by atoms with Gasteiger partial charge >= 0.3 is 0 Å². The zero-order chi connectivity index (χ0) is 11.8. The Hall–Kier alpha value is 0.420. The van der Waals surface area contributed by atoms with E-state index in [0.29, 0.717) is 0 Å². The third-order valence-corrected chi connectivity index (χ3v) is 6.97. The van der Waals surface area contributed by atoms with Gasteiger partial charge in [0.2, 0.25) is 0 Å². The molecule has 0 saturated carbocycles. The minimum Gasteiger partial charge on any atom is -0.229 e. The number of halogens is 2. The van der Waals surface area contributed by atoms with Crippen LogP contribution in [0.1, 0.15) is 22.7 Å². The van der Waals surface area contributed by atoms with E-state index >= 15 is 0 Å². The highest BCUT2D eigenvalue weighted by Gasteiger charge is 2.27. The molecule has 0 saturated heterocycles. The summed E-state index contributed by atoms with van der Waals surface area (Å²) in [5, 5.41) is -1.04. The molecule has 0 amide bonds. The van der Waals surface area contributed by atoms with Gasteiger partial charge in [0.25, 0.3) is 0 Å². The molecule has 6 heteroatoms. The fraction of sp³-hybridized carbons (Fsp3) is 0.556. The van der Waals surface area contributed by atoms with Crippen LogP contribution in [0, 0.1) is 6.92 Å². The van der Waals surface area contributed by atoms with Crippen molar-refractivity contribution in [3.63, 3.8) is 0 Å². The van der Waals surface area contributed by atoms with E-state index in [9.17, 15) is 8.42 Å². The van der Waals surface area contributed by atoms with Crippen molar-refractivity contribution in [2.45, 2.75) is 24.5 Å². The molecule has 2 unspecified atom stereocenters. The number of hydrogen-bond acceptors (Lipinski definition) is 3. The molecule has 1 aromatic heterocycles. The normalized spacial score (nSPS) is 16.3. The van der Waals surface area contributed by atoms with E-state index in [-0.39, 0.29) is 0 Å². The summed E-state index contributed by atoms with van der Waals surface area (Å²) in [6.07, 6.45) is 1.21. The summed E-state index contributed by atoms with van der Waals surface area (Å²) < 4.78 is 23.7. The van der Waals surface area contributed by atoms with E-state index in [0.717, 1.165) is 14.2 Å². The van der Waals surface area contributed by atoms with Gasteiger partial charge in [-0.3, -0.25) is 0 Å². The number of hydrogen-bond donors (Lipinski definition) is 0. The number of aryl methyl sites for hydroxylation is 1. The smallest absolute Gasteiger partial charge is 0.151 e. The fourth-order valence-electron chi connectivity index (χ4n) is 1.07. The van der Waals surface area contributed by atoms with Gasteiger partial charge in [-0.2, -0.15) is 0 Å². The quantitative estimate of drug-likeness (QED) is 0.794. The maximum Gasteiger partial charge on any atom is 0.151 e. The Balaban J connectivity index is 3.00. The number of sulfone groups is 1. The van der Waals surface area contributed by atoms with Gasteiger partial charge in [0, 0.05) is 11.1 Å². The molecule has 0 aliphatic carbocycles. The van der Waals surface area contributed by atoms with Gasteiger partial charge in [-0.25, -0.2) is 8.42 Å². The standard InChI is InChI=1S/C9H12BrClO2S2/c1-5-4-7(14-9(5)10)8(11)6(2)15(3,12)13/h4,6,8H,1-3H3. The zero-order valence-corrected chi connectivity index (χ0v) is 12.6. The third-order valence-electron chi connectivity index (χ3n) is 2.24. The Kier molecular flexibility index (Phi) is 4.26. The lowest BCUT2D eigenvalue weighted by Gasteiger charge is -2.14. The first-order valence-electron chi connectivity index (χ1n) is 4.32. The second kappa shape index (κ2) is 4.73. The van der Waals surface area contributed by atoms with Gasteiger partial charge < -0.3 is 0 Å². The van der Waals surface area contributed by atoms with Crippen molar-refractivity contribution < 1.29 is 8.42 Å². The molecule has 0 aliphatic heterocycles. The molecule has 1 heterocycles. The van der Waals surface area contributed by atoms with Crippen LogP contribution in [0.3, 0.4) is 0 Å². The molecule has 86 valence electrons. The van der Waals surface area contributed by atoms with E-state index in [1.807, 2.05) is 13.0 Å². The SMILES string of the molecule is Cc1cc(C(Cl)C(C)S(C)(=O)=O)sc1Br. The highest BCUT2D eigenvalue weighted by atomic mass is 79.9. The van der Waals surface area contributed by atoms with E-state index < -0.39 is 20.5 Å². The van der Waals surface area contributed by atoms with Crippen LogP contribution in [0.4, 0.5) is 0 Å². The van der Waals surface area contributed by atoms with Crippen LogP contribution in [0.2, 0.25) is 0 Å². The van der Waals surface area contributed by atoms with Gasteiger partial charge in [0.05, 0.1) is 14.4 Å². The molecule has 15 heavy (non-hydrogen) atoms. The van der Waals surface area contributed by atoms with Gasteiger partial charge in [0.1, 0.15) is 0 Å². The van der Waals surface area contributed by atoms with Gasteiger partial charge in [-0.15, -0.1) is 22.9 Å². The third kappa shape index (κ3) is 3.19. The zero-order valence-electron chi connectivity index (χ0n) is 8.62. The van der Waals surface area contributed by atoms with Crippen molar-refractivity contribution in [1.29, 1.82) is 0 Å². The van der Waals surface area contributed by atoms with Crippen LogP contribution in [0.25, 0.3) is 0 Å². The predicted octanol–water partition coefficient (Wildman–Crippen LogP) is 3.53. The van der Waals surface area contributed by atoms with Gasteiger partial charge in [-0.05, 0) is 41.4 Å². The molecule has 0 fully saturated rings. The van der Waals surface area contributed by atoms with Crippen molar-refractivity contribution in [1.82, 2.24) is 0 Å². The molecule has 1 aromatic rings. The lowest BCUT2D eigenvalue weighted by Crippen LogP contribution is -2.20. The summed E-state index contributed by atoms with van der Waals surface area (Å²) in [6.45, 7) is 3.59. The Bertz CT molecular complexity index is 433. The first kappa shape index (κ1) is 13.5. The Labute approximate surface area is 108 Å². The Morgan fingerprint density at radius 1 is 1.53 bits per heavy atom. The molecule has 0 radical (unpaired) electrons. The van der Waals surface area contributed by atoms with E-state index in [1.54, 1.807) is 6.92 Å². The second-order valence-electron chi connectivity index (χ2n) is 3.54. The van der Waals surface area contributed by atoms with Crippen molar-refractivity contribution in [3.8, 4) is 0 Å². The molecule has 0 aromatic carbocycles. The molecule has 0 spiro atoms. The van der Waals surface area contributed by atoms with Crippen molar-refractivity contribution in [2.24, 2.45) is 0 Å². The van der Waals surface area contributed by atoms with Crippen LogP contribution in [-0.4, -0.2) is 19.9 Å². The predicted molar refractivity (Wildman–Crippen MR) is 69.7 cm³/mol. The van der Waals surface area contributed by atoms with Crippen LogP contribution in [0.15, 0.2) is 9.85 Å². The summed E-state index contributed by atoms with van der Waals surface area (Å²) in [6, 6.07) is 1.92. The Morgan fingerprint density at radius 2 is 2.07 bits per heavy atom. The van der Waals surface area contributed by atoms with Crippen molar-refractivity contribution in [2.75, 3.05) is 6.26 Å². The maximum atomic E-state index is 11.3. The fourth-order valence-corrected chi connectivity index (χ4v) is 4.15. The van der Waals surface area contributed by atoms with Gasteiger partial charge in [-0.1, -0.05) is 0 Å². The lowest BCUT2D eigenvalue weighted by molar-refractivity contribution is 0.587. The number of alkyl halides is 1. The van der Waals surface area contributed by atoms with Crippen LogP contribution >= 0.6 is 38.9 Å². The average molecular weight is 332 g/mol. The lowest BCUT2D eigenvalue weighted by atomic mass is 10.2. The summed E-state index contributed by atoms with van der Waals surface area (Å²) in [7, 11) is -3.09. The average Bonchev–Trinajstić information content (AvgIpc) is 2.43. The molecule has 2 atom stereocenters. The molecular formula is C9H12BrClO2S2. The molecule has 0 N–H and O–H groups in total. The van der Waals surface area contributed by atoms with E-state index in [4.69, 9.17) is 11.6 Å². The topological polar surface area (TPSA) is 34.1 Å². The maximum absolute atomic E-state index is 11.3. The first-order valence-corrected chi connectivity index (χ1v) is 8.32. The molecule has 2 nitrogen and oxygen atoms in total. The van der Waals surface area contributed by atoms with Crippen LogP contribution < -0.4 is 0 Å². The first-order chi connectivity index (χ1) is 6.73. The molecular weight excluding hydrogens is 320 g/mol. The highest BCUT2D eigenvalue weighted by molar-refractivity contribution is 9.11. The summed E-state index contributed by atoms with van der Waals surface area (Å²) in [4.78, 5) is 0.888. The highest BCUT2D eigenvalue weighted by Crippen LogP contribution is 2.37. The number of thiophene rings is 1. The largest absolute Gasteiger partial charge is 0.229 e. The van der Waals surface area contributed by atoms with Gasteiger partial charge in [0.15, 0.2) is 9.84 Å². The minimum atomic E-state index is -3.09. The monoisotopic (exact) mass is 330 g/mol. The summed E-state index contributed by atoms with van der Waals surface area (Å²) in [5.41, 5.74) is 1.08. The van der Waals surface area contributed by atoms with Crippen molar-refractivity contribution in [3.05, 3.63) is 20.3 Å². The number of rotatable bonds is 3. The van der Waals surface area contributed by atoms with Crippen molar-refractivity contribution >= 4 is 48.7 Å². The molecule has 0 aliphatic rings. The van der Waals surface area contributed by atoms with Crippen LogP contribution in [-0.2, 0) is 9.84 Å². The molecule has 0 bridgehead atoms. The Morgan fingerprint density at radius 3 is 2.40 bits per heavy atom. The summed E-state index contributed by atoms with van der Waals surface area (Å²) in [5.74, 6) is 0. The second-order valence-corrected chi connectivity index (χ2v) is 8.82. The summed E-state index contributed by atoms with van der Waals surface area (Å²) >= 11 is 11.0. The van der Waals surface area contributed by atoms with E-state index in [1.165, 1.54) is 17.6 Å². The molecule has 1 rings (SSSR count). The van der Waals surface area contributed by atoms with Crippen LogP contribution in [0.5, 0.6) is 0 Å². The van der Waals surface area contributed by atoms with E-state index in [2.05, 4.69) is 15.9 Å².